The molecular formula is C14H15FN6. The number of benzene rings is 1. The molecular weight excluding hydrogens is 271 g/mol. The Labute approximate surface area is 121 Å². The van der Waals surface area contributed by atoms with Gasteiger partial charge in [0.2, 0.25) is 0 Å². The lowest BCUT2D eigenvalue weighted by Gasteiger charge is -2.17. The Kier molecular flexibility index (Phi) is 4.30. The monoisotopic (exact) mass is 286 g/mol. The summed E-state index contributed by atoms with van der Waals surface area (Å²) in [4.78, 5) is 8.25. The van der Waals surface area contributed by atoms with Gasteiger partial charge in [0, 0.05) is 5.56 Å². The average molecular weight is 286 g/mol. The first-order chi connectivity index (χ1) is 10.1. The van der Waals surface area contributed by atoms with Crippen molar-refractivity contribution < 1.29 is 4.39 Å². The molecule has 0 aliphatic heterocycles. The highest BCUT2D eigenvalue weighted by molar-refractivity contribution is 5.69. The van der Waals surface area contributed by atoms with E-state index in [-0.39, 0.29) is 11.5 Å². The molecule has 0 radical (unpaired) electrons. The van der Waals surface area contributed by atoms with Crippen LogP contribution in [0, 0.1) is 17.1 Å². The Bertz CT molecular complexity index is 692. The summed E-state index contributed by atoms with van der Waals surface area (Å²) in [7, 11) is 0. The largest absolute Gasteiger partial charge is 0.339 e. The van der Waals surface area contributed by atoms with Crippen molar-refractivity contribution in [2.45, 2.75) is 19.8 Å². The minimum absolute atomic E-state index is 0.103. The van der Waals surface area contributed by atoms with E-state index in [1.807, 2.05) is 19.9 Å². The molecule has 1 heterocycles. The zero-order chi connectivity index (χ0) is 15.4. The Balaban J connectivity index is 2.48. The van der Waals surface area contributed by atoms with Gasteiger partial charge >= 0.3 is 0 Å². The fraction of sp³-hybridized carbons (Fsp3) is 0.214. The zero-order valence-corrected chi connectivity index (χ0v) is 11.7. The van der Waals surface area contributed by atoms with Crippen molar-refractivity contribution in [3.63, 3.8) is 0 Å². The van der Waals surface area contributed by atoms with E-state index in [0.717, 1.165) is 5.56 Å². The maximum Gasteiger partial charge on any atom is 0.148 e. The van der Waals surface area contributed by atoms with E-state index < -0.39 is 5.82 Å². The van der Waals surface area contributed by atoms with E-state index >= 15 is 0 Å². The molecule has 0 aliphatic carbocycles. The van der Waals surface area contributed by atoms with E-state index in [1.165, 1.54) is 24.5 Å². The Morgan fingerprint density at radius 1 is 1.29 bits per heavy atom. The first-order valence-corrected chi connectivity index (χ1v) is 6.35. The molecule has 0 atom stereocenters. The first-order valence-electron chi connectivity index (χ1n) is 6.35. The number of hydrogen-bond acceptors (Lipinski definition) is 6. The normalized spacial score (nSPS) is 10.3. The van der Waals surface area contributed by atoms with Crippen LogP contribution >= 0.6 is 0 Å². The minimum atomic E-state index is -0.465. The highest BCUT2D eigenvalue weighted by Crippen LogP contribution is 2.30. The van der Waals surface area contributed by atoms with Crippen molar-refractivity contribution in [2.75, 3.05) is 10.7 Å². The highest BCUT2D eigenvalue weighted by Gasteiger charge is 2.15. The zero-order valence-electron chi connectivity index (χ0n) is 11.7. The average Bonchev–Trinajstić information content (AvgIpc) is 2.48. The van der Waals surface area contributed by atoms with E-state index in [1.54, 1.807) is 0 Å². The van der Waals surface area contributed by atoms with Crippen molar-refractivity contribution in [1.29, 1.82) is 5.26 Å². The Morgan fingerprint density at radius 2 is 2.00 bits per heavy atom. The second-order valence-electron chi connectivity index (χ2n) is 4.71. The van der Waals surface area contributed by atoms with Crippen molar-refractivity contribution in [3.05, 3.63) is 41.5 Å². The fourth-order valence-electron chi connectivity index (χ4n) is 2.00. The number of hydrogen-bond donors (Lipinski definition) is 3. The maximum absolute atomic E-state index is 13.2. The predicted molar refractivity (Wildman–Crippen MR) is 78.3 cm³/mol. The molecule has 1 aromatic heterocycles. The van der Waals surface area contributed by atoms with Crippen molar-refractivity contribution >= 4 is 17.3 Å². The summed E-state index contributed by atoms with van der Waals surface area (Å²) in [5.41, 5.74) is 3.98. The summed E-state index contributed by atoms with van der Waals surface area (Å²) >= 11 is 0. The lowest BCUT2D eigenvalue weighted by atomic mass is 10.0. The molecule has 0 aliphatic rings. The summed E-state index contributed by atoms with van der Waals surface area (Å²) in [5.74, 6) is 6.12. The smallest absolute Gasteiger partial charge is 0.148 e. The van der Waals surface area contributed by atoms with Crippen molar-refractivity contribution in [3.8, 4) is 6.07 Å². The standard InChI is InChI=1S/C14H15FN6/c1-8(2)12-13(18-7-19-14(12)21-17)20-11-4-3-10(15)5-9(11)6-16/h3-5,7-8H,17H2,1-2H3,(H2,18,19,20,21). The summed E-state index contributed by atoms with van der Waals surface area (Å²) in [6, 6.07) is 5.89. The van der Waals surface area contributed by atoms with E-state index in [2.05, 4.69) is 20.7 Å². The van der Waals surface area contributed by atoms with Gasteiger partial charge in [-0.1, -0.05) is 13.8 Å². The second kappa shape index (κ2) is 6.15. The molecule has 7 heteroatoms. The third-order valence-electron chi connectivity index (χ3n) is 2.95. The van der Waals surface area contributed by atoms with Gasteiger partial charge in [0.15, 0.2) is 0 Å². The minimum Gasteiger partial charge on any atom is -0.339 e. The van der Waals surface area contributed by atoms with Gasteiger partial charge in [-0.3, -0.25) is 0 Å². The van der Waals surface area contributed by atoms with Gasteiger partial charge < -0.3 is 10.7 Å². The van der Waals surface area contributed by atoms with Crippen LogP contribution in [0.5, 0.6) is 0 Å². The molecule has 6 nitrogen and oxygen atoms in total. The number of nitrogens with one attached hydrogen (secondary N) is 2. The number of nitriles is 1. The number of rotatable bonds is 4. The molecule has 108 valence electrons. The fourth-order valence-corrected chi connectivity index (χ4v) is 2.00. The Morgan fingerprint density at radius 3 is 2.62 bits per heavy atom. The van der Waals surface area contributed by atoms with Crippen LogP contribution in [0.4, 0.5) is 21.7 Å². The molecule has 21 heavy (non-hydrogen) atoms. The van der Waals surface area contributed by atoms with Crippen LogP contribution in [0.25, 0.3) is 0 Å². The third-order valence-corrected chi connectivity index (χ3v) is 2.95. The number of halogens is 1. The van der Waals surface area contributed by atoms with Gasteiger partial charge in [-0.25, -0.2) is 20.2 Å². The number of nitrogen functional groups attached to an aromatic ring is 1. The van der Waals surface area contributed by atoms with Gasteiger partial charge in [-0.05, 0) is 24.1 Å². The van der Waals surface area contributed by atoms with Crippen LogP contribution in [-0.2, 0) is 0 Å². The van der Waals surface area contributed by atoms with Crippen LogP contribution < -0.4 is 16.6 Å². The summed E-state index contributed by atoms with van der Waals surface area (Å²) in [6.45, 7) is 3.95. The topological polar surface area (TPSA) is 99.7 Å². The second-order valence-corrected chi connectivity index (χ2v) is 4.71. The van der Waals surface area contributed by atoms with E-state index in [4.69, 9.17) is 11.1 Å². The van der Waals surface area contributed by atoms with E-state index in [9.17, 15) is 4.39 Å². The first kappa shape index (κ1) is 14.7. The van der Waals surface area contributed by atoms with Crippen LogP contribution in [0.1, 0.15) is 30.9 Å². The van der Waals surface area contributed by atoms with Crippen molar-refractivity contribution in [1.82, 2.24) is 9.97 Å². The van der Waals surface area contributed by atoms with Gasteiger partial charge in [-0.15, -0.1) is 0 Å². The van der Waals surface area contributed by atoms with Crippen molar-refractivity contribution in [2.24, 2.45) is 5.84 Å². The molecule has 0 saturated carbocycles. The van der Waals surface area contributed by atoms with Crippen LogP contribution in [-0.4, -0.2) is 9.97 Å². The summed E-state index contributed by atoms with van der Waals surface area (Å²) in [6.07, 6.45) is 1.36. The van der Waals surface area contributed by atoms with Gasteiger partial charge in [0.05, 0.1) is 11.3 Å². The van der Waals surface area contributed by atoms with E-state index in [0.29, 0.717) is 17.3 Å². The number of nitrogens with two attached hydrogens (primary N) is 1. The SMILES string of the molecule is CC(C)c1c(NN)ncnc1Nc1ccc(F)cc1C#N. The molecule has 0 bridgehead atoms. The molecule has 0 unspecified atom stereocenters. The number of nitrogens with zero attached hydrogens (tertiary/aromatic N) is 3. The van der Waals surface area contributed by atoms with Crippen LogP contribution in [0.15, 0.2) is 24.5 Å². The maximum atomic E-state index is 13.2. The summed E-state index contributed by atoms with van der Waals surface area (Å²) < 4.78 is 13.2. The number of hydrazine groups is 1. The molecule has 2 rings (SSSR count). The molecule has 0 fully saturated rings. The Hall–Kier alpha value is -2.72. The number of aromatic nitrogens is 2. The molecule has 0 saturated heterocycles. The molecule has 2 aromatic rings. The molecule has 4 N–H and O–H groups in total. The lowest BCUT2D eigenvalue weighted by molar-refractivity contribution is 0.627. The highest BCUT2D eigenvalue weighted by atomic mass is 19.1. The predicted octanol–water partition coefficient (Wildman–Crippen LogP) is 2.64. The van der Waals surface area contributed by atoms with Crippen LogP contribution in [0.3, 0.4) is 0 Å². The lowest BCUT2D eigenvalue weighted by Crippen LogP contribution is -2.14. The van der Waals surface area contributed by atoms with Crippen LogP contribution in [0.2, 0.25) is 0 Å². The van der Waals surface area contributed by atoms with Gasteiger partial charge in [-0.2, -0.15) is 5.26 Å². The van der Waals surface area contributed by atoms with Gasteiger partial charge in [0.1, 0.15) is 29.8 Å². The summed E-state index contributed by atoms with van der Waals surface area (Å²) in [5, 5.41) is 12.1. The van der Waals surface area contributed by atoms with Gasteiger partial charge in [0.25, 0.3) is 0 Å². The molecule has 0 amide bonds. The molecule has 1 aromatic carbocycles. The third kappa shape index (κ3) is 3.07. The number of anilines is 3. The molecule has 0 spiro atoms. The quantitative estimate of drug-likeness (QED) is 0.590.